The summed E-state index contributed by atoms with van der Waals surface area (Å²) in [5.74, 6) is -0.366. The summed E-state index contributed by atoms with van der Waals surface area (Å²) >= 11 is 6.51. The molecule has 236 valence electrons. The molecule has 7 nitrogen and oxygen atoms in total. The van der Waals surface area contributed by atoms with Crippen molar-refractivity contribution in [3.63, 3.8) is 0 Å². The predicted molar refractivity (Wildman–Crippen MR) is 174 cm³/mol. The lowest BCUT2D eigenvalue weighted by Gasteiger charge is -2.46. The number of benzene rings is 4. The summed E-state index contributed by atoms with van der Waals surface area (Å²) in [6.45, 7) is 3.18. The first-order valence-corrected chi connectivity index (χ1v) is 15.6. The molecule has 4 aromatic carbocycles. The molecule has 1 fully saturated rings. The Morgan fingerprint density at radius 1 is 0.733 bits per heavy atom. The summed E-state index contributed by atoms with van der Waals surface area (Å²) in [6, 6.07) is 35.5. The Morgan fingerprint density at radius 3 is 1.71 bits per heavy atom. The van der Waals surface area contributed by atoms with Crippen LogP contribution in [-0.2, 0) is 43.6 Å². The van der Waals surface area contributed by atoms with E-state index in [4.69, 9.17) is 35.4 Å². The van der Waals surface area contributed by atoms with Gasteiger partial charge in [0.25, 0.3) is 5.91 Å². The van der Waals surface area contributed by atoms with Gasteiger partial charge in [0.1, 0.15) is 24.4 Å². The number of carbonyl (C=O) groups is 1. The van der Waals surface area contributed by atoms with Crippen LogP contribution in [0.3, 0.4) is 0 Å². The van der Waals surface area contributed by atoms with Gasteiger partial charge in [-0.05, 0) is 40.8 Å². The molecule has 4 aromatic rings. The van der Waals surface area contributed by atoms with Crippen LogP contribution in [0, 0.1) is 0 Å². The Morgan fingerprint density at radius 2 is 1.22 bits per heavy atom. The molecule has 1 aliphatic rings. The topological polar surface area (TPSA) is 66.5 Å². The van der Waals surface area contributed by atoms with E-state index in [1.165, 1.54) is 7.11 Å². The first-order chi connectivity index (χ1) is 22.0. The van der Waals surface area contributed by atoms with Crippen LogP contribution < -0.4 is 0 Å². The summed E-state index contributed by atoms with van der Waals surface area (Å²) < 4.78 is 27.0. The molecule has 5 rings (SSSR count). The maximum Gasteiger partial charge on any atom is 0.278 e. The van der Waals surface area contributed by atoms with Crippen molar-refractivity contribution in [1.82, 2.24) is 5.06 Å². The zero-order chi connectivity index (χ0) is 31.6. The lowest BCUT2D eigenvalue weighted by atomic mass is 9.88. The SMILES string of the molecule is CC[C@H]1OC(c2ccc(Cl)c(C(=O)N(C)OC)c2)[C@H](OCc2ccccc2)[C@@H](OCc2ccccc2)[C@@H]1OCc1ccccc1. The van der Waals surface area contributed by atoms with Crippen molar-refractivity contribution in [2.24, 2.45) is 0 Å². The van der Waals surface area contributed by atoms with Crippen molar-refractivity contribution in [3.05, 3.63) is 142 Å². The molecular weight excluding hydrogens is 590 g/mol. The van der Waals surface area contributed by atoms with Gasteiger partial charge in [-0.3, -0.25) is 9.63 Å². The molecule has 0 N–H and O–H groups in total. The number of ether oxygens (including phenoxy) is 4. The normalized spacial score (nSPS) is 21.4. The van der Waals surface area contributed by atoms with Crippen LogP contribution in [0.5, 0.6) is 0 Å². The minimum atomic E-state index is -0.582. The van der Waals surface area contributed by atoms with E-state index in [1.54, 1.807) is 19.2 Å². The molecule has 0 spiro atoms. The van der Waals surface area contributed by atoms with Gasteiger partial charge >= 0.3 is 0 Å². The van der Waals surface area contributed by atoms with Crippen LogP contribution in [-0.4, -0.2) is 49.5 Å². The maximum absolute atomic E-state index is 13.1. The quantitative estimate of drug-likeness (QED) is 0.142. The van der Waals surface area contributed by atoms with Gasteiger partial charge in [0.05, 0.1) is 43.6 Å². The van der Waals surface area contributed by atoms with Crippen LogP contribution in [0.4, 0.5) is 0 Å². The lowest BCUT2D eigenvalue weighted by molar-refractivity contribution is -0.267. The zero-order valence-corrected chi connectivity index (χ0v) is 26.6. The minimum Gasteiger partial charge on any atom is -0.368 e. The maximum atomic E-state index is 13.1. The van der Waals surface area contributed by atoms with E-state index in [0.29, 0.717) is 36.8 Å². The fraction of sp³-hybridized carbons (Fsp3) is 0.324. The van der Waals surface area contributed by atoms with Gasteiger partial charge in [-0.25, -0.2) is 5.06 Å². The van der Waals surface area contributed by atoms with Crippen molar-refractivity contribution >= 4 is 17.5 Å². The summed E-state index contributed by atoms with van der Waals surface area (Å²) in [5.41, 5.74) is 4.17. The highest BCUT2D eigenvalue weighted by Gasteiger charge is 2.48. The molecular formula is C37H40ClNO6. The van der Waals surface area contributed by atoms with Gasteiger partial charge in [0.2, 0.25) is 0 Å². The first kappa shape index (κ1) is 32.8. The second kappa shape index (κ2) is 16.1. The molecule has 0 bridgehead atoms. The molecule has 1 saturated heterocycles. The molecule has 1 heterocycles. The van der Waals surface area contributed by atoms with E-state index in [1.807, 2.05) is 97.1 Å². The van der Waals surface area contributed by atoms with Gasteiger partial charge in [-0.15, -0.1) is 0 Å². The van der Waals surface area contributed by atoms with Crippen molar-refractivity contribution in [2.45, 2.75) is 63.7 Å². The first-order valence-electron chi connectivity index (χ1n) is 15.2. The minimum absolute atomic E-state index is 0.307. The van der Waals surface area contributed by atoms with Gasteiger partial charge in [-0.2, -0.15) is 0 Å². The van der Waals surface area contributed by atoms with Crippen LogP contribution in [0.15, 0.2) is 109 Å². The van der Waals surface area contributed by atoms with E-state index in [2.05, 4.69) is 6.92 Å². The number of carbonyl (C=O) groups excluding carboxylic acids is 1. The van der Waals surface area contributed by atoms with Crippen molar-refractivity contribution in [3.8, 4) is 0 Å². The fourth-order valence-electron chi connectivity index (χ4n) is 5.52. The highest BCUT2D eigenvalue weighted by atomic mass is 35.5. The van der Waals surface area contributed by atoms with Gasteiger partial charge in [-0.1, -0.05) is 116 Å². The van der Waals surface area contributed by atoms with E-state index in [-0.39, 0.29) is 12.0 Å². The Kier molecular flexibility index (Phi) is 11.8. The Bertz CT molecular complexity index is 1490. The molecule has 0 aliphatic carbocycles. The molecule has 1 amide bonds. The number of nitrogens with zero attached hydrogens (tertiary/aromatic N) is 1. The molecule has 0 saturated carbocycles. The smallest absolute Gasteiger partial charge is 0.278 e. The third-order valence-corrected chi connectivity index (χ3v) is 8.33. The van der Waals surface area contributed by atoms with E-state index < -0.39 is 24.4 Å². The molecule has 1 aliphatic heterocycles. The summed E-state index contributed by atoms with van der Waals surface area (Å²) in [6.07, 6.45) is -1.72. The Balaban J connectivity index is 1.53. The standard InChI is InChI=1S/C37H40ClNO6/c1-4-32-34(42-23-26-14-8-5-9-15-26)36(44-25-28-18-12-7-13-19-28)35(43-24-27-16-10-6-11-17-27)33(45-32)29-20-21-31(38)30(22-29)37(40)39(2)41-3/h5-22,32-36H,4,23-25H2,1-3H3/t32-,33?,34-,35+,36+/m1/s1. The summed E-state index contributed by atoms with van der Waals surface area (Å²) in [5, 5.41) is 1.46. The second-order valence-corrected chi connectivity index (χ2v) is 11.4. The Hall–Kier alpha value is -3.56. The number of hydroxylamine groups is 2. The number of hydrogen-bond donors (Lipinski definition) is 0. The molecule has 5 atom stereocenters. The highest BCUT2D eigenvalue weighted by molar-refractivity contribution is 6.33. The number of halogens is 1. The molecule has 8 heteroatoms. The Labute approximate surface area is 270 Å². The van der Waals surface area contributed by atoms with Crippen LogP contribution in [0.1, 0.15) is 52.1 Å². The third-order valence-electron chi connectivity index (χ3n) is 8.00. The van der Waals surface area contributed by atoms with Crippen molar-refractivity contribution < 1.29 is 28.6 Å². The van der Waals surface area contributed by atoms with Gasteiger partial charge < -0.3 is 18.9 Å². The van der Waals surface area contributed by atoms with Crippen molar-refractivity contribution in [2.75, 3.05) is 14.2 Å². The van der Waals surface area contributed by atoms with Gasteiger partial charge in [0, 0.05) is 7.05 Å². The number of amides is 1. The lowest BCUT2D eigenvalue weighted by Crippen LogP contribution is -2.57. The molecule has 0 radical (unpaired) electrons. The summed E-state index contributed by atoms with van der Waals surface area (Å²) in [7, 11) is 2.98. The van der Waals surface area contributed by atoms with Crippen LogP contribution >= 0.6 is 11.6 Å². The molecule has 1 unspecified atom stereocenters. The fourth-order valence-corrected chi connectivity index (χ4v) is 5.72. The number of rotatable bonds is 13. The van der Waals surface area contributed by atoms with Gasteiger partial charge in [0.15, 0.2) is 0 Å². The van der Waals surface area contributed by atoms with E-state index in [9.17, 15) is 4.79 Å². The second-order valence-electron chi connectivity index (χ2n) is 11.0. The average Bonchev–Trinajstić information content (AvgIpc) is 3.09. The highest BCUT2D eigenvalue weighted by Crippen LogP contribution is 2.40. The van der Waals surface area contributed by atoms with E-state index >= 15 is 0 Å². The molecule has 45 heavy (non-hydrogen) atoms. The van der Waals surface area contributed by atoms with E-state index in [0.717, 1.165) is 27.3 Å². The average molecular weight is 630 g/mol. The third kappa shape index (κ3) is 8.38. The summed E-state index contributed by atoms with van der Waals surface area (Å²) in [4.78, 5) is 18.3. The van der Waals surface area contributed by atoms with Crippen LogP contribution in [0.25, 0.3) is 0 Å². The zero-order valence-electron chi connectivity index (χ0n) is 25.9. The van der Waals surface area contributed by atoms with Crippen molar-refractivity contribution in [1.29, 1.82) is 0 Å². The van der Waals surface area contributed by atoms with Crippen LogP contribution in [0.2, 0.25) is 5.02 Å². The largest absolute Gasteiger partial charge is 0.368 e. The number of hydrogen-bond acceptors (Lipinski definition) is 6. The molecule has 0 aromatic heterocycles. The predicted octanol–water partition coefficient (Wildman–Crippen LogP) is 7.58. The monoisotopic (exact) mass is 629 g/mol.